The van der Waals surface area contributed by atoms with E-state index in [9.17, 15) is 9.90 Å². The normalized spacial score (nSPS) is 16.9. The van der Waals surface area contributed by atoms with Crippen LogP contribution in [0.4, 0.5) is 5.69 Å². The molecule has 0 aromatic heterocycles. The van der Waals surface area contributed by atoms with E-state index in [0.717, 1.165) is 34.1 Å². The maximum absolute atomic E-state index is 12.3. The molecule has 2 N–H and O–H groups in total. The number of hydrogen-bond donors (Lipinski definition) is 2. The van der Waals surface area contributed by atoms with Gasteiger partial charge < -0.3 is 10.4 Å². The predicted molar refractivity (Wildman–Crippen MR) is 90.9 cm³/mol. The van der Waals surface area contributed by atoms with Crippen LogP contribution in [0.2, 0.25) is 0 Å². The average Bonchev–Trinajstić information content (AvgIpc) is 2.48. The Morgan fingerprint density at radius 2 is 2.09 bits per heavy atom. The van der Waals surface area contributed by atoms with Crippen molar-refractivity contribution in [3.8, 4) is 0 Å². The van der Waals surface area contributed by atoms with Gasteiger partial charge >= 0.3 is 0 Å². The largest absolute Gasteiger partial charge is 0.393 e. The molecule has 22 heavy (non-hydrogen) atoms. The Morgan fingerprint density at radius 1 is 1.27 bits per heavy atom. The van der Waals surface area contributed by atoms with Crippen molar-refractivity contribution in [3.63, 3.8) is 0 Å². The number of aliphatic hydroxyl groups excluding tert-OH is 1. The van der Waals surface area contributed by atoms with Crippen molar-refractivity contribution in [2.45, 2.75) is 31.8 Å². The monoisotopic (exact) mass is 359 g/mol. The molecule has 0 heterocycles. The van der Waals surface area contributed by atoms with Gasteiger partial charge in [-0.1, -0.05) is 40.2 Å². The summed E-state index contributed by atoms with van der Waals surface area (Å²) in [5, 5.41) is 12.9. The van der Waals surface area contributed by atoms with Crippen LogP contribution in [0.5, 0.6) is 0 Å². The van der Waals surface area contributed by atoms with E-state index in [2.05, 4.69) is 27.3 Å². The number of fused-ring (bicyclic) bond motifs is 1. The Hall–Kier alpha value is -1.65. The predicted octanol–water partition coefficient (Wildman–Crippen LogP) is 3.48. The minimum absolute atomic E-state index is 0.0356. The van der Waals surface area contributed by atoms with Crippen molar-refractivity contribution in [3.05, 3.63) is 63.6 Å². The van der Waals surface area contributed by atoms with E-state index in [4.69, 9.17) is 0 Å². The molecular formula is C18H18BrNO2. The summed E-state index contributed by atoms with van der Waals surface area (Å²) in [5.41, 5.74) is 4.10. The molecule has 3 rings (SSSR count). The number of nitrogens with one attached hydrogen (secondary N) is 1. The lowest BCUT2D eigenvalue weighted by molar-refractivity contribution is -0.115. The van der Waals surface area contributed by atoms with Crippen LogP contribution in [0.15, 0.2) is 46.9 Å². The van der Waals surface area contributed by atoms with Gasteiger partial charge in [-0.3, -0.25) is 4.79 Å². The van der Waals surface area contributed by atoms with Gasteiger partial charge in [0.05, 0.1) is 12.5 Å². The van der Waals surface area contributed by atoms with Crippen LogP contribution in [0.1, 0.15) is 23.1 Å². The van der Waals surface area contributed by atoms with Gasteiger partial charge in [-0.15, -0.1) is 0 Å². The number of carbonyl (C=O) groups excluding carboxylic acids is 1. The highest BCUT2D eigenvalue weighted by atomic mass is 79.9. The van der Waals surface area contributed by atoms with E-state index in [1.54, 1.807) is 0 Å². The molecule has 0 bridgehead atoms. The third-order valence-corrected chi connectivity index (χ3v) is 4.48. The number of anilines is 1. The van der Waals surface area contributed by atoms with E-state index in [1.807, 2.05) is 36.4 Å². The maximum Gasteiger partial charge on any atom is 0.228 e. The van der Waals surface area contributed by atoms with Gasteiger partial charge in [-0.25, -0.2) is 0 Å². The summed E-state index contributed by atoms with van der Waals surface area (Å²) in [6, 6.07) is 13.7. The van der Waals surface area contributed by atoms with E-state index >= 15 is 0 Å². The van der Waals surface area contributed by atoms with Gasteiger partial charge in [0.15, 0.2) is 0 Å². The van der Waals surface area contributed by atoms with Crippen LogP contribution in [-0.2, 0) is 24.1 Å². The molecule has 3 nitrogen and oxygen atoms in total. The molecule has 1 atom stereocenters. The smallest absolute Gasteiger partial charge is 0.228 e. The number of benzene rings is 2. The topological polar surface area (TPSA) is 49.3 Å². The van der Waals surface area contributed by atoms with Gasteiger partial charge in [0.25, 0.3) is 0 Å². The molecule has 114 valence electrons. The first-order valence-electron chi connectivity index (χ1n) is 7.45. The molecule has 0 saturated heterocycles. The molecule has 1 amide bonds. The summed E-state index contributed by atoms with van der Waals surface area (Å²) in [6.07, 6.45) is 2.30. The summed E-state index contributed by atoms with van der Waals surface area (Å²) in [5.74, 6) is -0.0356. The molecule has 4 heteroatoms. The summed E-state index contributed by atoms with van der Waals surface area (Å²) in [7, 11) is 0. The lowest BCUT2D eigenvalue weighted by atomic mass is 9.88. The van der Waals surface area contributed by atoms with Gasteiger partial charge in [-0.2, -0.15) is 0 Å². The number of aryl methyl sites for hydroxylation is 1. The first kappa shape index (κ1) is 15.3. The minimum atomic E-state index is -0.310. The number of rotatable bonds is 3. The van der Waals surface area contributed by atoms with Gasteiger partial charge in [-0.05, 0) is 47.7 Å². The Kier molecular flexibility index (Phi) is 4.60. The van der Waals surface area contributed by atoms with E-state index in [0.29, 0.717) is 12.8 Å². The average molecular weight is 360 g/mol. The molecule has 2 aromatic rings. The molecular weight excluding hydrogens is 342 g/mol. The molecule has 0 radical (unpaired) electrons. The first-order valence-corrected chi connectivity index (χ1v) is 8.24. The van der Waals surface area contributed by atoms with Crippen molar-refractivity contribution in [1.82, 2.24) is 0 Å². The van der Waals surface area contributed by atoms with Crippen LogP contribution in [0.3, 0.4) is 0 Å². The van der Waals surface area contributed by atoms with Crippen LogP contribution in [0, 0.1) is 0 Å². The highest BCUT2D eigenvalue weighted by Gasteiger charge is 2.19. The zero-order chi connectivity index (χ0) is 15.5. The van der Waals surface area contributed by atoms with E-state index < -0.39 is 0 Å². The Balaban J connectivity index is 1.74. The second kappa shape index (κ2) is 6.63. The molecule has 1 aliphatic rings. The summed E-state index contributed by atoms with van der Waals surface area (Å²) in [6.45, 7) is 0. The third-order valence-electron chi connectivity index (χ3n) is 3.99. The molecule has 1 aliphatic carbocycles. The highest BCUT2D eigenvalue weighted by Crippen LogP contribution is 2.28. The van der Waals surface area contributed by atoms with Crippen LogP contribution < -0.4 is 5.32 Å². The second-order valence-corrected chi connectivity index (χ2v) is 6.61. The van der Waals surface area contributed by atoms with Crippen molar-refractivity contribution in [1.29, 1.82) is 0 Å². The molecule has 2 aromatic carbocycles. The van der Waals surface area contributed by atoms with E-state index in [1.165, 1.54) is 5.56 Å². The lowest BCUT2D eigenvalue weighted by Gasteiger charge is -2.23. The lowest BCUT2D eigenvalue weighted by Crippen LogP contribution is -2.22. The fraction of sp³-hybridized carbons (Fsp3) is 0.278. The Morgan fingerprint density at radius 3 is 2.91 bits per heavy atom. The number of hydrogen-bond acceptors (Lipinski definition) is 2. The maximum atomic E-state index is 12.3. The van der Waals surface area contributed by atoms with Crippen LogP contribution in [-0.4, -0.2) is 17.1 Å². The van der Waals surface area contributed by atoms with Gasteiger partial charge in [0, 0.05) is 16.6 Å². The number of carbonyl (C=O) groups is 1. The Bertz CT molecular complexity index is 699. The number of halogens is 1. The fourth-order valence-electron chi connectivity index (χ4n) is 2.91. The first-order chi connectivity index (χ1) is 10.6. The van der Waals surface area contributed by atoms with Crippen molar-refractivity contribution in [2.24, 2.45) is 0 Å². The molecule has 0 unspecified atom stereocenters. The summed E-state index contributed by atoms with van der Waals surface area (Å²) < 4.78 is 0.970. The van der Waals surface area contributed by atoms with Gasteiger partial charge in [0.2, 0.25) is 5.91 Å². The SMILES string of the molecule is O=C(Cc1cccc(Br)c1)Nc1cccc2c1C[C@@H](O)CC2. The minimum Gasteiger partial charge on any atom is -0.393 e. The number of amides is 1. The second-order valence-electron chi connectivity index (χ2n) is 5.69. The summed E-state index contributed by atoms with van der Waals surface area (Å²) >= 11 is 3.42. The zero-order valence-electron chi connectivity index (χ0n) is 12.2. The Labute approximate surface area is 138 Å². The third kappa shape index (κ3) is 3.57. The van der Waals surface area contributed by atoms with Crippen LogP contribution in [0.25, 0.3) is 0 Å². The standard InChI is InChI=1S/C18H18BrNO2/c19-14-5-1-3-12(9-14)10-18(22)20-17-6-2-4-13-7-8-15(21)11-16(13)17/h1-6,9,15,21H,7-8,10-11H2,(H,20,22)/t15-/m0/s1. The van der Waals surface area contributed by atoms with Gasteiger partial charge in [0.1, 0.15) is 0 Å². The van der Waals surface area contributed by atoms with Crippen molar-refractivity contribution < 1.29 is 9.90 Å². The quantitative estimate of drug-likeness (QED) is 0.881. The summed E-state index contributed by atoms with van der Waals surface area (Å²) in [4.78, 5) is 12.3. The zero-order valence-corrected chi connectivity index (χ0v) is 13.8. The molecule has 0 saturated carbocycles. The number of aliphatic hydroxyl groups is 1. The molecule has 0 fully saturated rings. The van der Waals surface area contributed by atoms with Crippen molar-refractivity contribution >= 4 is 27.5 Å². The highest BCUT2D eigenvalue weighted by molar-refractivity contribution is 9.10. The van der Waals surface area contributed by atoms with Crippen molar-refractivity contribution in [2.75, 3.05) is 5.32 Å². The molecule has 0 aliphatic heterocycles. The molecule has 0 spiro atoms. The van der Waals surface area contributed by atoms with E-state index in [-0.39, 0.29) is 12.0 Å². The fourth-order valence-corrected chi connectivity index (χ4v) is 3.36. The van der Waals surface area contributed by atoms with Crippen LogP contribution >= 0.6 is 15.9 Å².